The molecule has 2 aromatic heterocycles. The minimum Gasteiger partial charge on any atom is -0.388 e. The lowest BCUT2D eigenvalue weighted by Crippen LogP contribution is -2.40. The third-order valence-electron chi connectivity index (χ3n) is 6.13. The fraction of sp³-hybridized carbons (Fsp3) is 0.154. The summed E-state index contributed by atoms with van der Waals surface area (Å²) in [5, 5.41) is 21.4. The fourth-order valence-corrected chi connectivity index (χ4v) is 4.39. The van der Waals surface area contributed by atoms with Crippen LogP contribution in [-0.4, -0.2) is 23.8 Å². The zero-order valence-corrected chi connectivity index (χ0v) is 18.5. The predicted molar refractivity (Wildman–Crippen MR) is 128 cm³/mol. The maximum absolute atomic E-state index is 13.7. The van der Waals surface area contributed by atoms with Crippen LogP contribution in [-0.2, 0) is 26.7 Å². The Bertz CT molecular complexity index is 1710. The van der Waals surface area contributed by atoms with Crippen molar-refractivity contribution in [2.45, 2.75) is 19.7 Å². The Labute approximate surface area is 194 Å². The maximum atomic E-state index is 13.7. The van der Waals surface area contributed by atoms with Crippen molar-refractivity contribution < 1.29 is 5.11 Å². The third kappa shape index (κ3) is 3.39. The minimum absolute atomic E-state index is 0.0945. The molecule has 5 aromatic rings. The number of fused-ring (bicyclic) bond motifs is 2. The minimum atomic E-state index is -0.493. The molecule has 0 aliphatic carbocycles. The first-order chi connectivity index (χ1) is 16.5. The number of aliphatic hydroxyl groups excluding tert-OH is 1. The summed E-state index contributed by atoms with van der Waals surface area (Å²) in [6, 6.07) is 22.8. The number of rotatable bonds is 5. The number of hydrogen-bond donors (Lipinski definition) is 1. The molecule has 0 unspecified atom stereocenters. The second-order valence-corrected chi connectivity index (χ2v) is 8.08. The summed E-state index contributed by atoms with van der Waals surface area (Å²) < 4.78 is 4.11. The van der Waals surface area contributed by atoms with Gasteiger partial charge in [0.25, 0.3) is 5.56 Å². The molecule has 34 heavy (non-hydrogen) atoms. The molecule has 0 saturated heterocycles. The number of benzene rings is 3. The first-order valence-electron chi connectivity index (χ1n) is 10.8. The molecule has 168 valence electrons. The zero-order valence-electron chi connectivity index (χ0n) is 18.5. The Morgan fingerprint density at radius 2 is 1.59 bits per heavy atom. The van der Waals surface area contributed by atoms with Gasteiger partial charge in [0, 0.05) is 7.05 Å². The van der Waals surface area contributed by atoms with Gasteiger partial charge in [-0.2, -0.15) is 5.26 Å². The summed E-state index contributed by atoms with van der Waals surface area (Å²) in [6.07, 6.45) is 0. The molecule has 0 atom stereocenters. The van der Waals surface area contributed by atoms with Crippen LogP contribution in [0.3, 0.4) is 0 Å². The number of nitrogens with zero attached hydrogens (tertiary/aromatic N) is 5. The number of hydrogen-bond acceptors (Lipinski definition) is 5. The summed E-state index contributed by atoms with van der Waals surface area (Å²) in [5.74, 6) is 0.248. The molecule has 0 radical (unpaired) electrons. The monoisotopic (exact) mass is 451 g/mol. The molecule has 8 heteroatoms. The highest BCUT2D eigenvalue weighted by Gasteiger charge is 2.21. The summed E-state index contributed by atoms with van der Waals surface area (Å²) >= 11 is 0. The largest absolute Gasteiger partial charge is 0.388 e. The highest BCUT2D eigenvalue weighted by atomic mass is 16.3. The highest BCUT2D eigenvalue weighted by Crippen LogP contribution is 2.20. The van der Waals surface area contributed by atoms with E-state index in [2.05, 4.69) is 11.1 Å². The van der Waals surface area contributed by atoms with Crippen molar-refractivity contribution in [1.82, 2.24) is 18.7 Å². The summed E-state index contributed by atoms with van der Waals surface area (Å²) in [4.78, 5) is 31.2. The number of aryl methyl sites for hydroxylation is 1. The highest BCUT2D eigenvalue weighted by molar-refractivity contribution is 5.85. The van der Waals surface area contributed by atoms with Gasteiger partial charge in [-0.25, -0.2) is 9.78 Å². The topological polar surface area (TPSA) is 106 Å². The van der Waals surface area contributed by atoms with Crippen molar-refractivity contribution in [3.63, 3.8) is 0 Å². The number of aromatic nitrogens is 4. The molecular weight excluding hydrogens is 430 g/mol. The quantitative estimate of drug-likeness (QED) is 0.442. The summed E-state index contributed by atoms with van der Waals surface area (Å²) in [6.45, 7) is -0.157. The average molecular weight is 451 g/mol. The van der Waals surface area contributed by atoms with Crippen molar-refractivity contribution >= 4 is 21.9 Å². The van der Waals surface area contributed by atoms with Gasteiger partial charge < -0.3 is 9.67 Å². The van der Waals surface area contributed by atoms with E-state index in [0.717, 1.165) is 16.3 Å². The van der Waals surface area contributed by atoms with Gasteiger partial charge in [-0.1, -0.05) is 60.7 Å². The molecule has 3 aromatic carbocycles. The Hall–Kier alpha value is -4.48. The van der Waals surface area contributed by atoms with E-state index in [1.54, 1.807) is 29.8 Å². The van der Waals surface area contributed by atoms with Crippen molar-refractivity contribution in [1.29, 1.82) is 5.26 Å². The number of aliphatic hydroxyl groups is 1. The molecule has 0 aliphatic rings. The fourth-order valence-electron chi connectivity index (χ4n) is 4.39. The second kappa shape index (κ2) is 8.46. The first kappa shape index (κ1) is 21.4. The van der Waals surface area contributed by atoms with Gasteiger partial charge in [-0.3, -0.25) is 13.9 Å². The van der Waals surface area contributed by atoms with Crippen LogP contribution in [0, 0.1) is 11.3 Å². The van der Waals surface area contributed by atoms with Crippen molar-refractivity contribution in [3.8, 4) is 6.07 Å². The number of nitriles is 1. The van der Waals surface area contributed by atoms with Crippen molar-refractivity contribution in [2.75, 3.05) is 0 Å². The lowest BCUT2D eigenvalue weighted by Gasteiger charge is -2.12. The van der Waals surface area contributed by atoms with E-state index in [4.69, 9.17) is 0 Å². The zero-order chi connectivity index (χ0) is 23.8. The van der Waals surface area contributed by atoms with Gasteiger partial charge in [0.05, 0.1) is 24.7 Å². The Morgan fingerprint density at radius 1 is 0.912 bits per heavy atom. The molecule has 2 heterocycles. The normalized spacial score (nSPS) is 11.2. The summed E-state index contributed by atoms with van der Waals surface area (Å²) in [7, 11) is 1.56. The molecular formula is C26H21N5O3. The van der Waals surface area contributed by atoms with E-state index in [1.165, 1.54) is 9.13 Å². The van der Waals surface area contributed by atoms with E-state index in [0.29, 0.717) is 11.1 Å². The standard InChI is InChI=1S/C26H21N5O3/c1-29-24-23(30(22(16-32)28-24)14-19-9-3-2-8-18(19)13-27)25(33)31(26(29)34)15-20-11-6-10-17-7-4-5-12-21(17)20/h2-12,32H,14-16H2,1H3. The van der Waals surface area contributed by atoms with Gasteiger partial charge >= 0.3 is 5.69 Å². The Kier molecular flexibility index (Phi) is 5.32. The van der Waals surface area contributed by atoms with E-state index in [-0.39, 0.29) is 30.1 Å². The van der Waals surface area contributed by atoms with Crippen molar-refractivity contribution in [3.05, 3.63) is 110 Å². The van der Waals surface area contributed by atoms with Crippen LogP contribution >= 0.6 is 0 Å². The van der Waals surface area contributed by atoms with Gasteiger partial charge in [-0.15, -0.1) is 0 Å². The molecule has 5 rings (SSSR count). The average Bonchev–Trinajstić information content (AvgIpc) is 3.24. The van der Waals surface area contributed by atoms with Gasteiger partial charge in [0.1, 0.15) is 12.4 Å². The van der Waals surface area contributed by atoms with Crippen LogP contribution in [0.2, 0.25) is 0 Å². The molecule has 0 saturated carbocycles. The maximum Gasteiger partial charge on any atom is 0.332 e. The first-order valence-corrected chi connectivity index (χ1v) is 10.8. The SMILES string of the molecule is Cn1c(=O)n(Cc2cccc3ccccc23)c(=O)c2c1nc(CO)n2Cc1ccccc1C#N. The predicted octanol–water partition coefficient (Wildman–Crippen LogP) is 2.51. The van der Waals surface area contributed by atoms with E-state index >= 15 is 0 Å². The van der Waals surface area contributed by atoms with Gasteiger partial charge in [-0.05, 0) is 28.0 Å². The second-order valence-electron chi connectivity index (χ2n) is 8.08. The van der Waals surface area contributed by atoms with Gasteiger partial charge in [0.2, 0.25) is 0 Å². The van der Waals surface area contributed by atoms with E-state index in [9.17, 15) is 20.0 Å². The van der Waals surface area contributed by atoms with Crippen LogP contribution in [0.25, 0.3) is 21.9 Å². The Morgan fingerprint density at radius 3 is 2.38 bits per heavy atom. The Balaban J connectivity index is 1.73. The molecule has 0 spiro atoms. The lowest BCUT2D eigenvalue weighted by atomic mass is 10.0. The molecule has 0 amide bonds. The van der Waals surface area contributed by atoms with Crippen molar-refractivity contribution in [2.24, 2.45) is 7.05 Å². The molecule has 0 aliphatic heterocycles. The smallest absolute Gasteiger partial charge is 0.332 e. The molecule has 0 bridgehead atoms. The summed E-state index contributed by atoms with van der Waals surface area (Å²) in [5.41, 5.74) is 1.42. The van der Waals surface area contributed by atoms with E-state index in [1.807, 2.05) is 48.5 Å². The molecule has 1 N–H and O–H groups in total. The van der Waals surface area contributed by atoms with Crippen LogP contribution in [0.4, 0.5) is 0 Å². The van der Waals surface area contributed by atoms with Crippen LogP contribution in [0.1, 0.15) is 22.5 Å². The lowest BCUT2D eigenvalue weighted by molar-refractivity contribution is 0.267. The molecule has 8 nitrogen and oxygen atoms in total. The van der Waals surface area contributed by atoms with Gasteiger partial charge in [0.15, 0.2) is 11.2 Å². The van der Waals surface area contributed by atoms with E-state index < -0.39 is 17.9 Å². The number of imidazole rings is 1. The van der Waals surface area contributed by atoms with Crippen LogP contribution in [0.5, 0.6) is 0 Å². The molecule has 0 fully saturated rings. The third-order valence-corrected chi connectivity index (χ3v) is 6.13. The van der Waals surface area contributed by atoms with Crippen LogP contribution < -0.4 is 11.2 Å². The van der Waals surface area contributed by atoms with Crippen LogP contribution in [0.15, 0.2) is 76.3 Å².